The number of hydrogen-bond acceptors (Lipinski definition) is 9. The highest BCUT2D eigenvalue weighted by atomic mass is 16.7. The number of ether oxygens (including phenoxy) is 5. The summed E-state index contributed by atoms with van der Waals surface area (Å²) in [5, 5.41) is 11.5. The molecule has 1 fully saturated rings. The third kappa shape index (κ3) is 4.64. The lowest BCUT2D eigenvalue weighted by molar-refractivity contribution is -0.178. The number of esters is 2. The molecule has 3 aliphatic heterocycles. The molecule has 1 saturated heterocycles. The Morgan fingerprint density at radius 1 is 1.21 bits per heavy atom. The zero-order chi connectivity index (χ0) is 27.1. The molecule has 1 spiro atoms. The molecular formula is C29H39NO8. The fraction of sp³-hybridized carbons (Fsp3) is 0.655. The van der Waals surface area contributed by atoms with Crippen molar-refractivity contribution in [2.75, 3.05) is 34.1 Å². The lowest BCUT2D eigenvalue weighted by Crippen LogP contribution is -2.49. The zero-order valence-electron chi connectivity index (χ0n) is 22.8. The molecule has 9 heteroatoms. The minimum atomic E-state index is -1.99. The maximum atomic E-state index is 13.7. The highest BCUT2D eigenvalue weighted by molar-refractivity contribution is 5.86. The van der Waals surface area contributed by atoms with E-state index < -0.39 is 30.1 Å². The summed E-state index contributed by atoms with van der Waals surface area (Å²) >= 11 is 0. The summed E-state index contributed by atoms with van der Waals surface area (Å²) in [4.78, 5) is 28.4. The molecule has 38 heavy (non-hydrogen) atoms. The third-order valence-electron chi connectivity index (χ3n) is 8.61. The largest absolute Gasteiger partial charge is 0.497 e. The van der Waals surface area contributed by atoms with Crippen molar-refractivity contribution in [3.63, 3.8) is 0 Å². The molecule has 3 heterocycles. The molecule has 4 aliphatic rings. The quantitative estimate of drug-likeness (QED) is 0.482. The summed E-state index contributed by atoms with van der Waals surface area (Å²) in [6.45, 7) is 6.13. The Balaban J connectivity index is 1.51. The van der Waals surface area contributed by atoms with Gasteiger partial charge in [-0.1, -0.05) is 20.3 Å². The first-order valence-corrected chi connectivity index (χ1v) is 13.7. The number of carbonyl (C=O) groups is 2. The average Bonchev–Trinajstić information content (AvgIpc) is 3.57. The van der Waals surface area contributed by atoms with Gasteiger partial charge in [0.15, 0.2) is 23.2 Å². The van der Waals surface area contributed by atoms with Gasteiger partial charge in [0.1, 0.15) is 5.76 Å². The van der Waals surface area contributed by atoms with Crippen LogP contribution in [0.15, 0.2) is 24.0 Å². The van der Waals surface area contributed by atoms with Crippen molar-refractivity contribution in [2.24, 2.45) is 5.92 Å². The van der Waals surface area contributed by atoms with Crippen molar-refractivity contribution in [3.05, 3.63) is 35.1 Å². The topological polar surface area (TPSA) is 104 Å². The highest BCUT2D eigenvalue weighted by Gasteiger charge is 2.59. The Kier molecular flexibility index (Phi) is 7.35. The number of fused-ring (bicyclic) bond motifs is 3. The molecule has 0 saturated carbocycles. The number of hydrogen-bond donors (Lipinski definition) is 1. The van der Waals surface area contributed by atoms with Crippen LogP contribution in [0.3, 0.4) is 0 Å². The van der Waals surface area contributed by atoms with E-state index >= 15 is 0 Å². The van der Waals surface area contributed by atoms with E-state index in [0.717, 1.165) is 55.6 Å². The first kappa shape index (κ1) is 26.8. The summed E-state index contributed by atoms with van der Waals surface area (Å²) in [6.07, 6.45) is 5.13. The average molecular weight is 530 g/mol. The molecule has 1 aromatic rings. The molecule has 0 aromatic heterocycles. The zero-order valence-corrected chi connectivity index (χ0v) is 22.8. The van der Waals surface area contributed by atoms with Crippen molar-refractivity contribution < 1.29 is 38.4 Å². The van der Waals surface area contributed by atoms with Gasteiger partial charge in [-0.2, -0.15) is 0 Å². The van der Waals surface area contributed by atoms with Crippen LogP contribution < -0.4 is 9.47 Å². The van der Waals surface area contributed by atoms with Gasteiger partial charge in [0, 0.05) is 6.54 Å². The van der Waals surface area contributed by atoms with Crippen LogP contribution in [0.2, 0.25) is 0 Å². The van der Waals surface area contributed by atoms with Gasteiger partial charge in [-0.05, 0) is 73.9 Å². The number of aliphatic hydroxyl groups is 1. The Morgan fingerprint density at radius 3 is 2.68 bits per heavy atom. The van der Waals surface area contributed by atoms with Crippen LogP contribution in [0.4, 0.5) is 0 Å². The Labute approximate surface area is 224 Å². The van der Waals surface area contributed by atoms with Crippen molar-refractivity contribution in [1.82, 2.24) is 4.90 Å². The van der Waals surface area contributed by atoms with Gasteiger partial charge in [0.2, 0.25) is 6.79 Å². The smallest absolute Gasteiger partial charge is 0.339 e. The fourth-order valence-electron chi connectivity index (χ4n) is 6.70. The first-order valence-electron chi connectivity index (χ1n) is 13.7. The van der Waals surface area contributed by atoms with Crippen molar-refractivity contribution in [1.29, 1.82) is 0 Å². The van der Waals surface area contributed by atoms with Crippen molar-refractivity contribution >= 4 is 11.9 Å². The van der Waals surface area contributed by atoms with E-state index in [1.165, 1.54) is 7.11 Å². The molecule has 4 atom stereocenters. The standard InChI is InChI=1S/C29H39NO8/c1-18(2)7-5-10-29(33,16-24(31)35-4)27(32)38-26-23(34-3)15-28-9-6-11-30(28)12-8-19-13-21-22(37-17-36-21)14-20(19)25(26)28/h13-15,18,25-26,33H,5-12,16-17H2,1-4H3/t25-,26-,28+,29+/m0/s1. The van der Waals surface area contributed by atoms with Gasteiger partial charge < -0.3 is 28.8 Å². The van der Waals surface area contributed by atoms with Crippen LogP contribution in [0.5, 0.6) is 11.5 Å². The second-order valence-electron chi connectivity index (χ2n) is 11.4. The lowest BCUT2D eigenvalue weighted by Gasteiger charge is -2.39. The van der Waals surface area contributed by atoms with Gasteiger partial charge >= 0.3 is 11.9 Å². The Hall–Kier alpha value is -2.78. The molecule has 5 rings (SSSR count). The molecule has 0 unspecified atom stereocenters. The maximum absolute atomic E-state index is 13.7. The Morgan fingerprint density at radius 2 is 1.97 bits per heavy atom. The van der Waals surface area contributed by atoms with E-state index in [9.17, 15) is 14.7 Å². The van der Waals surface area contributed by atoms with Crippen LogP contribution in [0, 0.1) is 5.92 Å². The summed E-state index contributed by atoms with van der Waals surface area (Å²) in [7, 11) is 2.83. The number of rotatable bonds is 9. The second-order valence-corrected chi connectivity index (χ2v) is 11.4. The van der Waals surface area contributed by atoms with E-state index in [4.69, 9.17) is 23.7 Å². The minimum absolute atomic E-state index is 0.106. The molecule has 1 aromatic carbocycles. The van der Waals surface area contributed by atoms with E-state index in [-0.39, 0.29) is 24.7 Å². The first-order chi connectivity index (χ1) is 18.2. The number of methoxy groups -OCH3 is 2. The summed E-state index contributed by atoms with van der Waals surface area (Å²) < 4.78 is 28.2. The lowest BCUT2D eigenvalue weighted by atomic mass is 9.77. The Bertz CT molecular complexity index is 1120. The van der Waals surface area contributed by atoms with Crippen LogP contribution >= 0.6 is 0 Å². The third-order valence-corrected chi connectivity index (χ3v) is 8.61. The summed E-state index contributed by atoms with van der Waals surface area (Å²) in [5.74, 6) is 0.620. The second kappa shape index (κ2) is 10.4. The van der Waals surface area contributed by atoms with Crippen LogP contribution in [0.25, 0.3) is 0 Å². The monoisotopic (exact) mass is 529 g/mol. The fourth-order valence-corrected chi connectivity index (χ4v) is 6.70. The van der Waals surface area contributed by atoms with Crippen molar-refractivity contribution in [3.8, 4) is 11.5 Å². The molecule has 208 valence electrons. The molecule has 1 N–H and O–H groups in total. The summed E-state index contributed by atoms with van der Waals surface area (Å²) in [6, 6.07) is 4.05. The van der Waals surface area contributed by atoms with Gasteiger partial charge in [0.25, 0.3) is 0 Å². The van der Waals surface area contributed by atoms with Crippen LogP contribution in [-0.2, 0) is 30.2 Å². The number of nitrogens with zero attached hydrogens (tertiary/aromatic N) is 1. The number of carbonyl (C=O) groups excluding carboxylic acids is 2. The minimum Gasteiger partial charge on any atom is -0.497 e. The predicted octanol–water partition coefficient (Wildman–Crippen LogP) is 3.47. The highest BCUT2D eigenvalue weighted by Crippen LogP contribution is 2.55. The number of benzene rings is 1. The van der Waals surface area contributed by atoms with E-state index in [1.54, 1.807) is 7.11 Å². The van der Waals surface area contributed by atoms with Gasteiger partial charge in [0.05, 0.1) is 32.1 Å². The van der Waals surface area contributed by atoms with Crippen molar-refractivity contribution in [2.45, 2.75) is 82.0 Å². The molecule has 1 aliphatic carbocycles. The molecule has 0 bridgehead atoms. The maximum Gasteiger partial charge on any atom is 0.339 e. The van der Waals surface area contributed by atoms with E-state index in [0.29, 0.717) is 23.8 Å². The van der Waals surface area contributed by atoms with E-state index in [1.807, 2.05) is 12.1 Å². The molecule has 0 amide bonds. The molecule has 9 nitrogen and oxygen atoms in total. The predicted molar refractivity (Wildman–Crippen MR) is 138 cm³/mol. The summed E-state index contributed by atoms with van der Waals surface area (Å²) in [5.41, 5.74) is -0.209. The van der Waals surface area contributed by atoms with Crippen LogP contribution in [0.1, 0.15) is 69.4 Å². The molecule has 0 radical (unpaired) electrons. The molecular weight excluding hydrogens is 490 g/mol. The van der Waals surface area contributed by atoms with Gasteiger partial charge in [-0.3, -0.25) is 9.69 Å². The van der Waals surface area contributed by atoms with Gasteiger partial charge in [-0.15, -0.1) is 0 Å². The SMILES string of the molecule is COC(=O)C[C@](O)(CCCC(C)C)C(=O)O[C@H]1C(OC)=C[C@@]23CCCN2CCc2cc4c(cc2[C@@H]13)OCO4. The van der Waals surface area contributed by atoms with Crippen LogP contribution in [-0.4, -0.2) is 73.3 Å². The van der Waals surface area contributed by atoms with E-state index in [2.05, 4.69) is 24.8 Å². The normalized spacial score (nSPS) is 27.1. The van der Waals surface area contributed by atoms with Gasteiger partial charge in [-0.25, -0.2) is 4.79 Å².